The van der Waals surface area contributed by atoms with E-state index >= 15 is 0 Å². The van der Waals surface area contributed by atoms with E-state index in [1.165, 1.54) is 36.4 Å². The Kier molecular flexibility index (Phi) is 7.31. The highest BCUT2D eigenvalue weighted by Gasteiger charge is 2.53. The third-order valence-electron chi connectivity index (χ3n) is 5.83. The van der Waals surface area contributed by atoms with Crippen LogP contribution in [0.3, 0.4) is 0 Å². The highest BCUT2D eigenvalue weighted by Crippen LogP contribution is 2.30. The molecule has 1 aliphatic rings. The highest BCUT2D eigenvalue weighted by atomic mass is 16.6. The molecule has 0 bridgehead atoms. The monoisotopic (exact) mass is 519 g/mol. The van der Waals surface area contributed by atoms with Gasteiger partial charge < -0.3 is 9.47 Å². The third-order valence-corrected chi connectivity index (χ3v) is 5.83. The van der Waals surface area contributed by atoms with Crippen LogP contribution in [0.1, 0.15) is 20.7 Å². The Bertz CT molecular complexity index is 1450. The van der Waals surface area contributed by atoms with Crippen LogP contribution in [0.15, 0.2) is 125 Å². The molecule has 2 atom stereocenters. The number of anilines is 1. The summed E-state index contributed by atoms with van der Waals surface area (Å²) in [5.41, 5.74) is 1.70. The number of azo groups is 1. The molecule has 5 rings (SSSR count). The maximum atomic E-state index is 13.4. The van der Waals surface area contributed by atoms with Crippen LogP contribution in [0.4, 0.5) is 17.1 Å². The van der Waals surface area contributed by atoms with Gasteiger partial charge in [0.25, 0.3) is 11.8 Å². The molecule has 1 heterocycles. The van der Waals surface area contributed by atoms with Gasteiger partial charge in [-0.05, 0) is 60.7 Å². The van der Waals surface area contributed by atoms with Gasteiger partial charge in [0.15, 0.2) is 0 Å². The molecule has 2 amide bonds. The van der Waals surface area contributed by atoms with Crippen LogP contribution >= 0.6 is 0 Å². The molecule has 9 heteroatoms. The van der Waals surface area contributed by atoms with Gasteiger partial charge in [0.2, 0.25) is 12.2 Å². The van der Waals surface area contributed by atoms with Crippen molar-refractivity contribution in [1.29, 1.82) is 0 Å². The normalized spacial score (nSPS) is 16.9. The Labute approximate surface area is 223 Å². The average molecular weight is 520 g/mol. The van der Waals surface area contributed by atoms with Crippen LogP contribution < -0.4 is 4.90 Å². The molecule has 39 heavy (non-hydrogen) atoms. The van der Waals surface area contributed by atoms with E-state index in [1.807, 2.05) is 18.2 Å². The van der Waals surface area contributed by atoms with E-state index in [9.17, 15) is 19.2 Å². The summed E-state index contributed by atoms with van der Waals surface area (Å²) in [5.74, 6) is -3.34. The van der Waals surface area contributed by atoms with E-state index < -0.39 is 36.0 Å². The lowest BCUT2D eigenvalue weighted by Crippen LogP contribution is -2.37. The molecule has 0 saturated carbocycles. The largest absolute Gasteiger partial charge is 0.444 e. The molecule has 0 N–H and O–H groups in total. The first-order valence-corrected chi connectivity index (χ1v) is 12.0. The van der Waals surface area contributed by atoms with Crippen molar-refractivity contribution < 1.29 is 28.7 Å². The van der Waals surface area contributed by atoms with Crippen molar-refractivity contribution in [2.75, 3.05) is 4.90 Å². The van der Waals surface area contributed by atoms with Crippen LogP contribution in [0.25, 0.3) is 0 Å². The van der Waals surface area contributed by atoms with Crippen molar-refractivity contribution in [3.63, 3.8) is 0 Å². The summed E-state index contributed by atoms with van der Waals surface area (Å²) in [5, 5.41) is 8.30. The molecule has 1 saturated heterocycles. The molecule has 0 radical (unpaired) electrons. The van der Waals surface area contributed by atoms with Gasteiger partial charge in [-0.2, -0.15) is 10.2 Å². The van der Waals surface area contributed by atoms with E-state index in [1.54, 1.807) is 60.7 Å². The van der Waals surface area contributed by atoms with Crippen molar-refractivity contribution in [2.24, 2.45) is 10.2 Å². The van der Waals surface area contributed by atoms with Crippen molar-refractivity contribution in [2.45, 2.75) is 12.2 Å². The molecular weight excluding hydrogens is 498 g/mol. The number of esters is 2. The summed E-state index contributed by atoms with van der Waals surface area (Å²) in [6.45, 7) is 0. The molecule has 192 valence electrons. The zero-order valence-corrected chi connectivity index (χ0v) is 20.4. The van der Waals surface area contributed by atoms with Gasteiger partial charge in [-0.15, -0.1) is 0 Å². The van der Waals surface area contributed by atoms with E-state index in [-0.39, 0.29) is 16.8 Å². The lowest BCUT2D eigenvalue weighted by molar-refractivity contribution is -0.130. The predicted molar refractivity (Wildman–Crippen MR) is 141 cm³/mol. The molecule has 0 aliphatic carbocycles. The quantitative estimate of drug-likeness (QED) is 0.183. The summed E-state index contributed by atoms with van der Waals surface area (Å²) in [4.78, 5) is 53.2. The number of imide groups is 1. The lowest BCUT2D eigenvalue weighted by atomic mass is 10.2. The smallest absolute Gasteiger partial charge is 0.339 e. The maximum absolute atomic E-state index is 13.4. The first-order chi connectivity index (χ1) is 19.0. The van der Waals surface area contributed by atoms with Gasteiger partial charge in [-0.25, -0.2) is 14.5 Å². The Morgan fingerprint density at radius 2 is 0.923 bits per heavy atom. The maximum Gasteiger partial charge on any atom is 0.339 e. The highest BCUT2D eigenvalue weighted by molar-refractivity contribution is 6.25. The SMILES string of the molecule is O=C(O[C@@H]1C(=O)N(c2ccc(N=Nc3ccccc3)cc2)C(=O)[C@@H]1OC(=O)c1ccccc1)c1ccccc1. The second kappa shape index (κ2) is 11.3. The van der Waals surface area contributed by atoms with Crippen LogP contribution in [0, 0.1) is 0 Å². The number of hydrogen-bond acceptors (Lipinski definition) is 8. The lowest BCUT2D eigenvalue weighted by Gasteiger charge is -2.16. The van der Waals surface area contributed by atoms with Crippen LogP contribution in [0.2, 0.25) is 0 Å². The molecule has 0 spiro atoms. The van der Waals surface area contributed by atoms with E-state index in [4.69, 9.17) is 9.47 Å². The Balaban J connectivity index is 1.40. The molecule has 1 aliphatic heterocycles. The van der Waals surface area contributed by atoms with E-state index in [0.717, 1.165) is 4.90 Å². The van der Waals surface area contributed by atoms with Crippen molar-refractivity contribution >= 4 is 40.8 Å². The number of carbonyl (C=O) groups is 4. The fraction of sp³-hybridized carbons (Fsp3) is 0.0667. The zero-order chi connectivity index (χ0) is 27.2. The van der Waals surface area contributed by atoms with Gasteiger partial charge in [0.1, 0.15) is 0 Å². The second-order valence-corrected chi connectivity index (χ2v) is 8.45. The minimum atomic E-state index is -1.67. The van der Waals surface area contributed by atoms with Gasteiger partial charge in [-0.3, -0.25) is 9.59 Å². The number of carbonyl (C=O) groups excluding carboxylic acids is 4. The fourth-order valence-electron chi connectivity index (χ4n) is 3.89. The van der Waals surface area contributed by atoms with E-state index in [2.05, 4.69) is 10.2 Å². The molecule has 1 fully saturated rings. The Morgan fingerprint density at radius 3 is 1.36 bits per heavy atom. The fourth-order valence-corrected chi connectivity index (χ4v) is 3.89. The summed E-state index contributed by atoms with van der Waals surface area (Å²) in [6.07, 6.45) is -3.34. The summed E-state index contributed by atoms with van der Waals surface area (Å²) < 4.78 is 10.9. The number of ether oxygens (including phenoxy) is 2. The van der Waals surface area contributed by atoms with Gasteiger partial charge in [-0.1, -0.05) is 54.6 Å². The van der Waals surface area contributed by atoms with Crippen LogP contribution in [-0.2, 0) is 19.1 Å². The number of amides is 2. The molecule has 4 aromatic carbocycles. The minimum Gasteiger partial charge on any atom is -0.444 e. The molecule has 0 aromatic heterocycles. The standard InChI is InChI=1S/C30H21N3O6/c34-27-25(38-29(36)20-10-4-1-5-11-20)26(39-30(37)21-12-6-2-7-13-21)28(35)33(27)24-18-16-23(17-19-24)32-31-22-14-8-3-9-15-22/h1-19,25-26H/t25-,26+. The van der Waals surface area contributed by atoms with Gasteiger partial charge in [0.05, 0.1) is 28.2 Å². The molecule has 0 unspecified atom stereocenters. The first-order valence-electron chi connectivity index (χ1n) is 12.0. The molecular formula is C30H21N3O6. The van der Waals surface area contributed by atoms with Gasteiger partial charge >= 0.3 is 11.9 Å². The number of benzene rings is 4. The molecule has 4 aromatic rings. The van der Waals surface area contributed by atoms with Crippen LogP contribution in [0.5, 0.6) is 0 Å². The molecule has 9 nitrogen and oxygen atoms in total. The number of rotatable bonds is 7. The van der Waals surface area contributed by atoms with Crippen molar-refractivity contribution in [3.8, 4) is 0 Å². The third kappa shape index (κ3) is 5.62. The van der Waals surface area contributed by atoms with Gasteiger partial charge in [0, 0.05) is 0 Å². The summed E-state index contributed by atoms with van der Waals surface area (Å²) >= 11 is 0. The van der Waals surface area contributed by atoms with E-state index in [0.29, 0.717) is 11.4 Å². The first kappa shape index (κ1) is 25.2. The number of hydrogen-bond donors (Lipinski definition) is 0. The topological polar surface area (TPSA) is 115 Å². The number of nitrogens with zero attached hydrogens (tertiary/aromatic N) is 3. The second-order valence-electron chi connectivity index (χ2n) is 8.45. The summed E-state index contributed by atoms with van der Waals surface area (Å²) in [7, 11) is 0. The van der Waals surface area contributed by atoms with Crippen molar-refractivity contribution in [3.05, 3.63) is 126 Å². The average Bonchev–Trinajstić information content (AvgIpc) is 3.21. The summed E-state index contributed by atoms with van der Waals surface area (Å²) in [6, 6.07) is 31.3. The Morgan fingerprint density at radius 1 is 0.538 bits per heavy atom. The predicted octanol–water partition coefficient (Wildman–Crippen LogP) is 5.43. The van der Waals surface area contributed by atoms with Crippen molar-refractivity contribution in [1.82, 2.24) is 0 Å². The minimum absolute atomic E-state index is 0.178. The zero-order valence-electron chi connectivity index (χ0n) is 20.4. The van der Waals surface area contributed by atoms with Crippen LogP contribution in [-0.4, -0.2) is 36.0 Å². The Hall–Kier alpha value is -5.44.